The Balaban J connectivity index is 1.99. The highest BCUT2D eigenvalue weighted by Crippen LogP contribution is 2.21. The van der Waals surface area contributed by atoms with Crippen LogP contribution in [0.4, 0.5) is 0 Å². The molecule has 18 heavy (non-hydrogen) atoms. The molecular formula is C16H19NO. The quantitative estimate of drug-likeness (QED) is 0.788. The first-order valence-electron chi connectivity index (χ1n) is 6.30. The van der Waals surface area contributed by atoms with Crippen LogP contribution < -0.4 is 5.90 Å². The van der Waals surface area contributed by atoms with Gasteiger partial charge in [0.1, 0.15) is 0 Å². The first-order valence-corrected chi connectivity index (χ1v) is 6.30. The molecule has 0 saturated carbocycles. The van der Waals surface area contributed by atoms with Crippen molar-refractivity contribution in [2.24, 2.45) is 5.90 Å². The molecule has 94 valence electrons. The molecule has 2 rings (SSSR count). The van der Waals surface area contributed by atoms with E-state index in [1.165, 1.54) is 11.1 Å². The van der Waals surface area contributed by atoms with Crippen molar-refractivity contribution in [3.63, 3.8) is 0 Å². The maximum absolute atomic E-state index is 5.24. The third-order valence-corrected chi connectivity index (χ3v) is 3.19. The molecule has 0 saturated heterocycles. The molecule has 2 aromatic carbocycles. The molecule has 0 fully saturated rings. The zero-order valence-electron chi connectivity index (χ0n) is 10.5. The molecule has 0 radical (unpaired) electrons. The lowest BCUT2D eigenvalue weighted by Gasteiger charge is -2.16. The lowest BCUT2D eigenvalue weighted by molar-refractivity contribution is 0.120. The molecule has 0 aliphatic rings. The van der Waals surface area contributed by atoms with Crippen molar-refractivity contribution in [3.05, 3.63) is 71.8 Å². The second-order valence-corrected chi connectivity index (χ2v) is 4.47. The van der Waals surface area contributed by atoms with Crippen LogP contribution in [0.2, 0.25) is 0 Å². The summed E-state index contributed by atoms with van der Waals surface area (Å²) in [6, 6.07) is 20.9. The van der Waals surface area contributed by atoms with E-state index in [-0.39, 0.29) is 0 Å². The van der Waals surface area contributed by atoms with Gasteiger partial charge < -0.3 is 4.84 Å². The van der Waals surface area contributed by atoms with Gasteiger partial charge in [0.25, 0.3) is 0 Å². The van der Waals surface area contributed by atoms with Crippen LogP contribution in [0.5, 0.6) is 0 Å². The summed E-state index contributed by atoms with van der Waals surface area (Å²) in [7, 11) is 0. The largest absolute Gasteiger partial charge is 0.304 e. The number of hydrogen-bond acceptors (Lipinski definition) is 2. The summed E-state index contributed by atoms with van der Waals surface area (Å²) in [5.41, 5.74) is 2.65. The van der Waals surface area contributed by atoms with Gasteiger partial charge in [0, 0.05) is 5.92 Å². The van der Waals surface area contributed by atoms with Gasteiger partial charge >= 0.3 is 0 Å². The van der Waals surface area contributed by atoms with E-state index in [0.717, 1.165) is 12.8 Å². The minimum absolute atomic E-state index is 0.358. The normalized spacial score (nSPS) is 12.3. The summed E-state index contributed by atoms with van der Waals surface area (Å²) in [5, 5.41) is 0. The molecule has 0 amide bonds. The molecule has 0 aliphatic carbocycles. The Labute approximate surface area is 108 Å². The van der Waals surface area contributed by atoms with Gasteiger partial charge in [-0.1, -0.05) is 60.7 Å². The molecule has 1 unspecified atom stereocenters. The lowest BCUT2D eigenvalue weighted by Crippen LogP contribution is -2.12. The Morgan fingerprint density at radius 3 is 2.11 bits per heavy atom. The lowest BCUT2D eigenvalue weighted by atomic mass is 9.93. The Morgan fingerprint density at radius 2 is 1.50 bits per heavy atom. The molecule has 1 atom stereocenters. The zero-order chi connectivity index (χ0) is 12.6. The van der Waals surface area contributed by atoms with Crippen LogP contribution in [0.25, 0.3) is 0 Å². The molecule has 0 heterocycles. The second-order valence-electron chi connectivity index (χ2n) is 4.47. The Hall–Kier alpha value is -1.64. The first kappa shape index (κ1) is 12.8. The summed E-state index contributed by atoms with van der Waals surface area (Å²) in [5.74, 6) is 5.59. The predicted molar refractivity (Wildman–Crippen MR) is 74.1 cm³/mol. The van der Waals surface area contributed by atoms with Gasteiger partial charge in [0.15, 0.2) is 0 Å². The van der Waals surface area contributed by atoms with Crippen LogP contribution in [0.3, 0.4) is 0 Å². The van der Waals surface area contributed by atoms with Gasteiger partial charge in [0.05, 0.1) is 6.61 Å². The van der Waals surface area contributed by atoms with Crippen molar-refractivity contribution in [3.8, 4) is 0 Å². The fourth-order valence-corrected chi connectivity index (χ4v) is 2.17. The minimum atomic E-state index is 0.358. The average molecular weight is 241 g/mol. The van der Waals surface area contributed by atoms with Gasteiger partial charge in [-0.25, -0.2) is 5.90 Å². The van der Waals surface area contributed by atoms with Gasteiger partial charge in [-0.3, -0.25) is 0 Å². The molecular weight excluding hydrogens is 222 g/mol. The fraction of sp³-hybridized carbons (Fsp3) is 0.250. The zero-order valence-corrected chi connectivity index (χ0v) is 10.5. The first-order chi connectivity index (χ1) is 8.90. The van der Waals surface area contributed by atoms with Crippen molar-refractivity contribution in [1.29, 1.82) is 0 Å². The Kier molecular flexibility index (Phi) is 4.94. The highest BCUT2D eigenvalue weighted by atomic mass is 16.6. The number of nitrogens with two attached hydrogens (primary N) is 1. The predicted octanol–water partition coefficient (Wildman–Crippen LogP) is 3.29. The van der Waals surface area contributed by atoms with E-state index in [0.29, 0.717) is 12.5 Å². The third-order valence-electron chi connectivity index (χ3n) is 3.19. The Morgan fingerprint density at radius 1 is 0.889 bits per heavy atom. The summed E-state index contributed by atoms with van der Waals surface area (Å²) < 4.78 is 0. The van der Waals surface area contributed by atoms with Crippen molar-refractivity contribution < 1.29 is 4.84 Å². The number of hydrogen-bond donors (Lipinski definition) is 1. The Bertz CT molecular complexity index is 441. The van der Waals surface area contributed by atoms with Gasteiger partial charge in [0.2, 0.25) is 0 Å². The van der Waals surface area contributed by atoms with E-state index in [1.807, 2.05) is 12.1 Å². The van der Waals surface area contributed by atoms with Crippen molar-refractivity contribution in [2.45, 2.75) is 18.8 Å². The average Bonchev–Trinajstić information content (AvgIpc) is 2.45. The highest BCUT2D eigenvalue weighted by molar-refractivity contribution is 5.21. The second kappa shape index (κ2) is 6.94. The molecule has 2 N–H and O–H groups in total. The maximum Gasteiger partial charge on any atom is 0.0747 e. The number of rotatable bonds is 6. The highest BCUT2D eigenvalue weighted by Gasteiger charge is 2.11. The van der Waals surface area contributed by atoms with E-state index in [4.69, 9.17) is 10.7 Å². The van der Waals surface area contributed by atoms with Crippen molar-refractivity contribution in [1.82, 2.24) is 0 Å². The van der Waals surface area contributed by atoms with Crippen molar-refractivity contribution >= 4 is 0 Å². The molecule has 0 aromatic heterocycles. The van der Waals surface area contributed by atoms with Gasteiger partial charge in [-0.2, -0.15) is 0 Å². The van der Waals surface area contributed by atoms with E-state index in [1.54, 1.807) is 0 Å². The van der Waals surface area contributed by atoms with E-state index >= 15 is 0 Å². The number of benzene rings is 2. The van der Waals surface area contributed by atoms with Crippen LogP contribution in [0, 0.1) is 0 Å². The van der Waals surface area contributed by atoms with Crippen LogP contribution >= 0.6 is 0 Å². The molecule has 2 nitrogen and oxygen atoms in total. The van der Waals surface area contributed by atoms with E-state index < -0.39 is 0 Å². The van der Waals surface area contributed by atoms with Crippen LogP contribution in [0.15, 0.2) is 60.7 Å². The molecule has 0 aliphatic heterocycles. The van der Waals surface area contributed by atoms with Gasteiger partial charge in [-0.05, 0) is 24.0 Å². The summed E-state index contributed by atoms with van der Waals surface area (Å²) in [6.45, 7) is 0.566. The van der Waals surface area contributed by atoms with Gasteiger partial charge in [-0.15, -0.1) is 0 Å². The third kappa shape index (κ3) is 3.69. The number of aryl methyl sites for hydroxylation is 1. The SMILES string of the molecule is NOCC(CCc1ccccc1)c1ccccc1. The van der Waals surface area contributed by atoms with Crippen LogP contribution in [-0.2, 0) is 11.3 Å². The van der Waals surface area contributed by atoms with E-state index in [9.17, 15) is 0 Å². The van der Waals surface area contributed by atoms with Crippen LogP contribution in [-0.4, -0.2) is 6.61 Å². The van der Waals surface area contributed by atoms with Crippen LogP contribution in [0.1, 0.15) is 23.5 Å². The topological polar surface area (TPSA) is 35.2 Å². The maximum atomic E-state index is 5.24. The molecule has 2 aromatic rings. The van der Waals surface area contributed by atoms with E-state index in [2.05, 4.69) is 48.5 Å². The molecule has 0 spiro atoms. The summed E-state index contributed by atoms with van der Waals surface area (Å²) >= 11 is 0. The molecule has 2 heteroatoms. The monoisotopic (exact) mass is 241 g/mol. The summed E-state index contributed by atoms with van der Waals surface area (Å²) in [4.78, 5) is 4.85. The summed E-state index contributed by atoms with van der Waals surface area (Å²) in [6.07, 6.45) is 2.09. The fourth-order valence-electron chi connectivity index (χ4n) is 2.17. The molecule has 0 bridgehead atoms. The van der Waals surface area contributed by atoms with Crippen molar-refractivity contribution in [2.75, 3.05) is 6.61 Å². The smallest absolute Gasteiger partial charge is 0.0747 e. The standard InChI is InChI=1S/C16H19NO/c17-18-13-16(15-9-5-2-6-10-15)12-11-14-7-3-1-4-8-14/h1-10,16H,11-13,17H2. The minimum Gasteiger partial charge on any atom is -0.304 e.